The summed E-state index contributed by atoms with van der Waals surface area (Å²) in [5, 5.41) is 16.0. The molecule has 1 aromatic heterocycles. The van der Waals surface area contributed by atoms with Crippen molar-refractivity contribution in [3.05, 3.63) is 153 Å². The summed E-state index contributed by atoms with van der Waals surface area (Å²) >= 11 is 9.27. The molecule has 1 N–H and O–H groups in total. The molecule has 1 heterocycles. The predicted octanol–water partition coefficient (Wildman–Crippen LogP) is 11.2. The Hall–Kier alpha value is -3.54. The van der Waals surface area contributed by atoms with E-state index in [9.17, 15) is 5.11 Å². The lowest BCUT2D eigenvalue weighted by Gasteiger charge is -2.34. The van der Waals surface area contributed by atoms with Gasteiger partial charge in [-0.15, -0.1) is 11.3 Å². The molecule has 1 aliphatic carbocycles. The first kappa shape index (κ1) is 25.2. The largest absolute Gasteiger partial charge is 0.376 e. The molecule has 0 amide bonds. The molecule has 6 aromatic carbocycles. The van der Waals surface area contributed by atoms with Gasteiger partial charge in [-0.3, -0.25) is 0 Å². The number of hydrogen-bond donors (Lipinski definition) is 1. The van der Waals surface area contributed by atoms with Crippen LogP contribution in [-0.2, 0) is 5.60 Å². The Bertz CT molecular complexity index is 2090. The van der Waals surface area contributed by atoms with Gasteiger partial charge < -0.3 is 5.11 Å². The molecule has 0 saturated carbocycles. The minimum absolute atomic E-state index is 0.854. The van der Waals surface area contributed by atoms with Gasteiger partial charge in [0.2, 0.25) is 0 Å². The van der Waals surface area contributed by atoms with E-state index in [4.69, 9.17) is 0 Å². The van der Waals surface area contributed by atoms with Crippen molar-refractivity contribution in [2.45, 2.75) is 5.60 Å². The minimum Gasteiger partial charge on any atom is -0.376 e. The number of thiophene rings is 1. The maximum absolute atomic E-state index is 13.5. The molecule has 0 radical (unpaired) electrons. The molecule has 7 aromatic rings. The van der Waals surface area contributed by atoms with E-state index in [0.717, 1.165) is 59.0 Å². The van der Waals surface area contributed by atoms with Crippen molar-refractivity contribution >= 4 is 63.4 Å². The van der Waals surface area contributed by atoms with Gasteiger partial charge in [-0.25, -0.2) is 0 Å². The third kappa shape index (κ3) is 3.75. The van der Waals surface area contributed by atoms with Crippen molar-refractivity contribution < 1.29 is 5.11 Å². The maximum Gasteiger partial charge on any atom is 0.142 e. The van der Waals surface area contributed by atoms with E-state index in [1.807, 2.05) is 17.4 Å². The average Bonchev–Trinajstić information content (AvgIpc) is 3.36. The summed E-state index contributed by atoms with van der Waals surface area (Å²) in [5.74, 6) is 0. The topological polar surface area (TPSA) is 20.2 Å². The molecule has 0 aliphatic heterocycles. The van der Waals surface area contributed by atoms with Gasteiger partial charge in [0.15, 0.2) is 0 Å². The Morgan fingerprint density at radius 2 is 0.976 bits per heavy atom. The molecule has 0 unspecified atom stereocenters. The predicted molar refractivity (Wildman–Crippen MR) is 180 cm³/mol. The van der Waals surface area contributed by atoms with Crippen molar-refractivity contribution in [3.63, 3.8) is 0 Å². The van der Waals surface area contributed by atoms with Crippen molar-refractivity contribution in [1.82, 2.24) is 0 Å². The first-order valence-corrected chi connectivity index (χ1v) is 15.9. The smallest absolute Gasteiger partial charge is 0.142 e. The lowest BCUT2D eigenvalue weighted by atomic mass is 9.75. The van der Waals surface area contributed by atoms with E-state index in [1.165, 1.54) is 20.2 Å². The number of fused-ring (bicyclic) bond motifs is 8. The molecule has 1 nitrogen and oxygen atoms in total. The molecule has 196 valence electrons. The maximum atomic E-state index is 13.5. The van der Waals surface area contributed by atoms with Crippen LogP contribution in [-0.4, -0.2) is 5.11 Å². The Kier molecular flexibility index (Phi) is 5.84. The number of halogens is 2. The quantitative estimate of drug-likeness (QED) is 0.194. The first-order valence-electron chi connectivity index (χ1n) is 13.5. The highest BCUT2D eigenvalue weighted by Gasteiger charge is 2.42. The van der Waals surface area contributed by atoms with E-state index < -0.39 is 5.60 Å². The third-order valence-corrected chi connectivity index (χ3v) is 10.5. The molecular weight excluding hydrogens is 652 g/mol. The van der Waals surface area contributed by atoms with Crippen LogP contribution in [0.5, 0.6) is 0 Å². The average molecular weight is 674 g/mol. The van der Waals surface area contributed by atoms with Gasteiger partial charge in [0.05, 0.1) is 0 Å². The molecule has 0 bridgehead atoms. The van der Waals surface area contributed by atoms with Gasteiger partial charge in [-0.1, -0.05) is 129 Å². The lowest BCUT2D eigenvalue weighted by Crippen LogP contribution is -2.30. The Morgan fingerprint density at radius 1 is 0.463 bits per heavy atom. The van der Waals surface area contributed by atoms with Gasteiger partial charge in [0.1, 0.15) is 5.60 Å². The standard InChI is InChI=1S/C37H22Br2OS/c38-22-16-18-27-24-8-1-2-9-25(24)28-19-17-23(39)21-34(28)37(40,33(27)20-22)32-14-5-3-10-26(32)30-12-7-13-31-29-11-4-6-15-35(29)41-36(30)31/h1-21,40H. The van der Waals surface area contributed by atoms with Crippen molar-refractivity contribution in [2.75, 3.05) is 0 Å². The molecule has 4 heteroatoms. The highest BCUT2D eigenvalue weighted by Crippen LogP contribution is 2.53. The fourth-order valence-corrected chi connectivity index (χ4v) is 8.43. The Balaban J connectivity index is 1.51. The highest BCUT2D eigenvalue weighted by molar-refractivity contribution is 9.10. The molecular formula is C37H22Br2OS. The SMILES string of the molecule is OC1(c2ccccc2-c2cccc3c2sc2ccccc23)c2cc(Br)ccc2-c2ccccc2-c2ccc(Br)cc21. The fourth-order valence-electron chi connectivity index (χ4n) is 6.48. The summed E-state index contributed by atoms with van der Waals surface area (Å²) in [5.41, 5.74) is 7.54. The molecule has 0 saturated heterocycles. The molecule has 8 rings (SSSR count). The van der Waals surface area contributed by atoms with Crippen molar-refractivity contribution in [2.24, 2.45) is 0 Å². The second-order valence-electron chi connectivity index (χ2n) is 10.5. The van der Waals surface area contributed by atoms with Gasteiger partial charge in [-0.05, 0) is 63.7 Å². The Labute approximate surface area is 259 Å². The summed E-state index contributed by atoms with van der Waals surface area (Å²) in [6.45, 7) is 0. The third-order valence-electron chi connectivity index (χ3n) is 8.26. The zero-order chi connectivity index (χ0) is 27.7. The van der Waals surface area contributed by atoms with Crippen LogP contribution >= 0.6 is 43.2 Å². The lowest BCUT2D eigenvalue weighted by molar-refractivity contribution is 0.127. The van der Waals surface area contributed by atoms with Crippen LogP contribution in [0.15, 0.2) is 136 Å². The second kappa shape index (κ2) is 9.50. The van der Waals surface area contributed by atoms with Crippen molar-refractivity contribution in [3.8, 4) is 33.4 Å². The van der Waals surface area contributed by atoms with Crippen LogP contribution < -0.4 is 0 Å². The highest BCUT2D eigenvalue weighted by atomic mass is 79.9. The van der Waals surface area contributed by atoms with Crippen LogP contribution in [0.4, 0.5) is 0 Å². The molecule has 1 aliphatic rings. The van der Waals surface area contributed by atoms with Crippen molar-refractivity contribution in [1.29, 1.82) is 0 Å². The summed E-state index contributed by atoms with van der Waals surface area (Å²) in [4.78, 5) is 0. The summed E-state index contributed by atoms with van der Waals surface area (Å²) in [6.07, 6.45) is 0. The van der Waals surface area contributed by atoms with E-state index in [-0.39, 0.29) is 0 Å². The van der Waals surface area contributed by atoms with Crippen LogP contribution in [0.1, 0.15) is 16.7 Å². The summed E-state index contributed by atoms with van der Waals surface area (Å²) < 4.78 is 4.34. The van der Waals surface area contributed by atoms with E-state index in [0.29, 0.717) is 0 Å². The van der Waals surface area contributed by atoms with E-state index >= 15 is 0 Å². The van der Waals surface area contributed by atoms with E-state index in [1.54, 1.807) is 0 Å². The summed E-state index contributed by atoms with van der Waals surface area (Å²) in [6, 6.07) is 44.5. The zero-order valence-electron chi connectivity index (χ0n) is 21.7. The van der Waals surface area contributed by atoms with Gasteiger partial charge in [0, 0.05) is 45.8 Å². The first-order chi connectivity index (χ1) is 20.0. The van der Waals surface area contributed by atoms with Crippen LogP contribution in [0.25, 0.3) is 53.6 Å². The van der Waals surface area contributed by atoms with E-state index in [2.05, 4.69) is 153 Å². The normalized spacial score (nSPS) is 13.4. The second-order valence-corrected chi connectivity index (χ2v) is 13.3. The zero-order valence-corrected chi connectivity index (χ0v) is 25.7. The summed E-state index contributed by atoms with van der Waals surface area (Å²) in [7, 11) is 0. The molecule has 0 fully saturated rings. The molecule has 0 atom stereocenters. The number of aliphatic hydroxyl groups is 1. The molecule has 0 spiro atoms. The number of benzene rings is 6. The number of hydrogen-bond acceptors (Lipinski definition) is 2. The monoisotopic (exact) mass is 672 g/mol. The fraction of sp³-hybridized carbons (Fsp3) is 0.0270. The van der Waals surface area contributed by atoms with Crippen LogP contribution in [0, 0.1) is 0 Å². The number of rotatable bonds is 2. The molecule has 41 heavy (non-hydrogen) atoms. The van der Waals surface area contributed by atoms with Crippen LogP contribution in [0.3, 0.4) is 0 Å². The van der Waals surface area contributed by atoms with Gasteiger partial charge >= 0.3 is 0 Å². The Morgan fingerprint density at radius 3 is 1.66 bits per heavy atom. The van der Waals surface area contributed by atoms with Gasteiger partial charge in [-0.2, -0.15) is 0 Å². The van der Waals surface area contributed by atoms with Gasteiger partial charge in [0.25, 0.3) is 0 Å². The van der Waals surface area contributed by atoms with Crippen LogP contribution in [0.2, 0.25) is 0 Å². The minimum atomic E-state index is -1.44.